The maximum absolute atomic E-state index is 13.6. The van der Waals surface area contributed by atoms with Gasteiger partial charge in [-0.2, -0.15) is 0 Å². The van der Waals surface area contributed by atoms with Gasteiger partial charge in [-0.05, 0) is 74.5 Å². The molecule has 2 heterocycles. The van der Waals surface area contributed by atoms with Crippen molar-refractivity contribution in [2.24, 2.45) is 5.92 Å². The Kier molecular flexibility index (Phi) is 5.54. The first-order valence-electron chi connectivity index (χ1n) is 8.44. The molecule has 1 saturated heterocycles. The van der Waals surface area contributed by atoms with Crippen molar-refractivity contribution in [2.75, 3.05) is 18.4 Å². The van der Waals surface area contributed by atoms with E-state index in [4.69, 9.17) is 0 Å². The topological polar surface area (TPSA) is 54.0 Å². The minimum absolute atomic E-state index is 0.189. The van der Waals surface area contributed by atoms with Crippen LogP contribution in [0.4, 0.5) is 10.1 Å². The molecule has 0 spiro atoms. The van der Waals surface area contributed by atoms with Gasteiger partial charge < -0.3 is 10.6 Å². The van der Waals surface area contributed by atoms with Crippen LogP contribution in [-0.4, -0.2) is 24.0 Å². The van der Waals surface area contributed by atoms with E-state index in [1.165, 1.54) is 43.2 Å². The number of piperidine rings is 1. The van der Waals surface area contributed by atoms with Crippen LogP contribution in [-0.2, 0) is 6.42 Å². The number of rotatable bonds is 5. The zero-order valence-corrected chi connectivity index (χ0v) is 13.6. The van der Waals surface area contributed by atoms with Crippen molar-refractivity contribution in [2.45, 2.75) is 25.7 Å². The summed E-state index contributed by atoms with van der Waals surface area (Å²) >= 11 is 0. The average molecular weight is 327 g/mol. The minimum Gasteiger partial charge on any atom is -0.321 e. The van der Waals surface area contributed by atoms with Gasteiger partial charge in [0, 0.05) is 11.9 Å². The first-order valence-corrected chi connectivity index (χ1v) is 8.44. The zero-order valence-electron chi connectivity index (χ0n) is 13.6. The van der Waals surface area contributed by atoms with E-state index in [0.717, 1.165) is 25.4 Å². The molecule has 1 amide bonds. The second-order valence-corrected chi connectivity index (χ2v) is 6.24. The quantitative estimate of drug-likeness (QED) is 0.885. The van der Waals surface area contributed by atoms with Gasteiger partial charge in [0.2, 0.25) is 0 Å². The number of nitrogens with zero attached hydrogens (tertiary/aromatic N) is 1. The summed E-state index contributed by atoms with van der Waals surface area (Å²) in [6.07, 6.45) is 6.19. The third-order valence-corrected chi connectivity index (χ3v) is 4.43. The fraction of sp³-hybridized carbons (Fsp3) is 0.368. The number of aromatic nitrogens is 1. The van der Waals surface area contributed by atoms with E-state index in [-0.39, 0.29) is 5.69 Å². The Morgan fingerprint density at radius 3 is 2.83 bits per heavy atom. The SMILES string of the molecule is O=C(Nc1ccc(CCC2CCCNC2)cc1)c1ncccc1F. The largest absolute Gasteiger partial charge is 0.321 e. The summed E-state index contributed by atoms with van der Waals surface area (Å²) in [6, 6.07) is 10.4. The molecule has 0 aliphatic carbocycles. The van der Waals surface area contributed by atoms with E-state index >= 15 is 0 Å². The van der Waals surface area contributed by atoms with Gasteiger partial charge in [-0.1, -0.05) is 12.1 Å². The number of hydrogen-bond acceptors (Lipinski definition) is 3. The number of pyridine rings is 1. The summed E-state index contributed by atoms with van der Waals surface area (Å²) in [5.41, 5.74) is 1.71. The molecule has 1 unspecified atom stereocenters. The Bertz CT molecular complexity index is 681. The van der Waals surface area contributed by atoms with Gasteiger partial charge in [0.25, 0.3) is 5.91 Å². The molecule has 1 aliphatic rings. The van der Waals surface area contributed by atoms with Crippen molar-refractivity contribution < 1.29 is 9.18 Å². The van der Waals surface area contributed by atoms with Gasteiger partial charge in [0.15, 0.2) is 11.5 Å². The summed E-state index contributed by atoms with van der Waals surface area (Å²) in [7, 11) is 0. The number of carbonyl (C=O) groups excluding carboxylic acids is 1. The van der Waals surface area contributed by atoms with Crippen molar-refractivity contribution in [1.82, 2.24) is 10.3 Å². The highest BCUT2D eigenvalue weighted by atomic mass is 19.1. The molecule has 1 aromatic heterocycles. The van der Waals surface area contributed by atoms with Crippen LogP contribution in [0.2, 0.25) is 0 Å². The van der Waals surface area contributed by atoms with Crippen LogP contribution in [0.3, 0.4) is 0 Å². The van der Waals surface area contributed by atoms with Crippen molar-refractivity contribution in [3.8, 4) is 0 Å². The van der Waals surface area contributed by atoms with Crippen molar-refractivity contribution >= 4 is 11.6 Å². The smallest absolute Gasteiger partial charge is 0.277 e. The molecule has 126 valence electrons. The minimum atomic E-state index is -0.618. The lowest BCUT2D eigenvalue weighted by Gasteiger charge is -2.22. The van der Waals surface area contributed by atoms with E-state index in [1.807, 2.05) is 24.3 Å². The highest BCUT2D eigenvalue weighted by molar-refractivity contribution is 6.02. The number of carbonyl (C=O) groups is 1. The maximum Gasteiger partial charge on any atom is 0.277 e. The summed E-state index contributed by atoms with van der Waals surface area (Å²) < 4.78 is 13.6. The predicted octanol–water partition coefficient (Wildman–Crippen LogP) is 3.41. The Balaban J connectivity index is 1.54. The van der Waals surface area contributed by atoms with E-state index in [2.05, 4.69) is 15.6 Å². The molecule has 0 bridgehead atoms. The molecule has 0 radical (unpaired) electrons. The number of benzene rings is 1. The molecule has 2 aromatic rings. The van der Waals surface area contributed by atoms with Gasteiger partial charge in [-0.25, -0.2) is 9.37 Å². The lowest BCUT2D eigenvalue weighted by molar-refractivity contribution is 0.101. The standard InChI is InChI=1S/C19H22FN3O/c20-17-4-2-12-22-18(17)19(24)23-16-9-7-14(8-10-16)5-6-15-3-1-11-21-13-15/h2,4,7-10,12,15,21H,1,3,5-6,11,13H2,(H,23,24). The molecule has 1 aliphatic heterocycles. The predicted molar refractivity (Wildman–Crippen MR) is 92.5 cm³/mol. The van der Waals surface area contributed by atoms with Gasteiger partial charge in [0.1, 0.15) is 0 Å². The van der Waals surface area contributed by atoms with Crippen molar-refractivity contribution in [1.29, 1.82) is 0 Å². The molecule has 1 fully saturated rings. The van der Waals surface area contributed by atoms with Crippen molar-refractivity contribution in [3.05, 3.63) is 59.7 Å². The molecule has 0 saturated carbocycles. The molecule has 2 N–H and O–H groups in total. The Morgan fingerprint density at radius 1 is 1.29 bits per heavy atom. The van der Waals surface area contributed by atoms with E-state index in [0.29, 0.717) is 5.69 Å². The van der Waals surface area contributed by atoms with Crippen LogP contribution in [0, 0.1) is 11.7 Å². The van der Waals surface area contributed by atoms with Crippen LogP contribution >= 0.6 is 0 Å². The molecule has 5 heteroatoms. The molecule has 3 rings (SSSR count). The summed E-state index contributed by atoms with van der Waals surface area (Å²) in [4.78, 5) is 15.8. The monoisotopic (exact) mass is 327 g/mol. The Morgan fingerprint density at radius 2 is 2.12 bits per heavy atom. The summed E-state index contributed by atoms with van der Waals surface area (Å²) in [6.45, 7) is 2.26. The number of hydrogen-bond donors (Lipinski definition) is 2. The zero-order chi connectivity index (χ0) is 16.8. The number of aryl methyl sites for hydroxylation is 1. The normalized spacial score (nSPS) is 17.5. The van der Waals surface area contributed by atoms with Gasteiger partial charge in [0.05, 0.1) is 0 Å². The average Bonchev–Trinajstić information content (AvgIpc) is 2.62. The van der Waals surface area contributed by atoms with E-state index < -0.39 is 11.7 Å². The lowest BCUT2D eigenvalue weighted by atomic mass is 9.93. The fourth-order valence-electron chi connectivity index (χ4n) is 3.04. The number of nitrogens with one attached hydrogen (secondary N) is 2. The van der Waals surface area contributed by atoms with Gasteiger partial charge >= 0.3 is 0 Å². The van der Waals surface area contributed by atoms with E-state index in [9.17, 15) is 9.18 Å². The fourth-order valence-corrected chi connectivity index (χ4v) is 3.04. The number of halogens is 1. The van der Waals surface area contributed by atoms with E-state index in [1.54, 1.807) is 0 Å². The van der Waals surface area contributed by atoms with Crippen LogP contribution in [0.1, 0.15) is 35.3 Å². The van der Waals surface area contributed by atoms with Gasteiger partial charge in [-0.3, -0.25) is 4.79 Å². The molecule has 1 atom stereocenters. The molecule has 4 nitrogen and oxygen atoms in total. The third-order valence-electron chi connectivity index (χ3n) is 4.43. The molecule has 24 heavy (non-hydrogen) atoms. The van der Waals surface area contributed by atoms with Crippen molar-refractivity contribution in [3.63, 3.8) is 0 Å². The first kappa shape index (κ1) is 16.6. The second kappa shape index (κ2) is 8.02. The highest BCUT2D eigenvalue weighted by Gasteiger charge is 2.14. The first-order chi connectivity index (χ1) is 11.7. The Hall–Kier alpha value is -2.27. The summed E-state index contributed by atoms with van der Waals surface area (Å²) in [5, 5.41) is 6.12. The van der Waals surface area contributed by atoms with Crippen LogP contribution in [0.25, 0.3) is 0 Å². The third kappa shape index (κ3) is 4.38. The van der Waals surface area contributed by atoms with Crippen LogP contribution < -0.4 is 10.6 Å². The maximum atomic E-state index is 13.6. The molecular weight excluding hydrogens is 305 g/mol. The van der Waals surface area contributed by atoms with Crippen LogP contribution in [0.5, 0.6) is 0 Å². The number of amides is 1. The van der Waals surface area contributed by atoms with Crippen LogP contribution in [0.15, 0.2) is 42.6 Å². The highest BCUT2D eigenvalue weighted by Crippen LogP contribution is 2.18. The molecule has 1 aromatic carbocycles. The second-order valence-electron chi connectivity index (χ2n) is 6.24. The Labute approximate surface area is 141 Å². The summed E-state index contributed by atoms with van der Waals surface area (Å²) in [5.74, 6) is -0.396. The lowest BCUT2D eigenvalue weighted by Crippen LogP contribution is -2.29. The number of anilines is 1. The molecular formula is C19H22FN3O. The van der Waals surface area contributed by atoms with Gasteiger partial charge in [-0.15, -0.1) is 0 Å².